The van der Waals surface area contributed by atoms with E-state index in [2.05, 4.69) is 51.1 Å². The molecule has 0 nitrogen and oxygen atoms in total. The van der Waals surface area contributed by atoms with Crippen LogP contribution in [0.1, 0.15) is 0 Å². The average molecular weight is 411 g/mol. The van der Waals surface area contributed by atoms with E-state index in [0.717, 1.165) is 8.47 Å². The van der Waals surface area contributed by atoms with Crippen LogP contribution in [-0.4, -0.2) is 0 Å². The highest BCUT2D eigenvalue weighted by molar-refractivity contribution is 14.1. The molecule has 0 aliphatic carbocycles. The third-order valence-electron chi connectivity index (χ3n) is 1.64. The first kappa shape index (κ1) is 14.0. The molecule has 84 valence electrons. The number of halogens is 3. The molecule has 0 heterocycles. The molecular weight excluding hydrogens is 402 g/mol. The fraction of sp³-hybridized carbons (Fsp3) is 0. The monoisotopic (exact) mass is 410 g/mol. The molecule has 0 amide bonds. The SMILES string of the molecule is Fc1cc(I)ccc1Br.Sc1ccccc1. The molecule has 0 saturated heterocycles. The van der Waals surface area contributed by atoms with Gasteiger partial charge >= 0.3 is 0 Å². The normalized spacial score (nSPS) is 9.25. The van der Waals surface area contributed by atoms with Crippen LogP contribution in [0, 0.1) is 9.39 Å². The number of benzene rings is 2. The Labute approximate surface area is 122 Å². The molecule has 2 rings (SSSR count). The van der Waals surface area contributed by atoms with Crippen molar-refractivity contribution in [2.24, 2.45) is 0 Å². The molecule has 0 N–H and O–H groups in total. The largest absolute Gasteiger partial charge is 0.206 e. The van der Waals surface area contributed by atoms with Gasteiger partial charge in [-0.2, -0.15) is 0 Å². The highest BCUT2D eigenvalue weighted by Gasteiger charge is 1.96. The van der Waals surface area contributed by atoms with Crippen LogP contribution in [0.15, 0.2) is 57.9 Å². The van der Waals surface area contributed by atoms with E-state index in [1.54, 1.807) is 6.07 Å². The Balaban J connectivity index is 0.000000165. The molecule has 0 bridgehead atoms. The van der Waals surface area contributed by atoms with E-state index in [4.69, 9.17) is 0 Å². The van der Waals surface area contributed by atoms with E-state index in [1.165, 1.54) is 6.07 Å². The average Bonchev–Trinajstić information content (AvgIpc) is 2.26. The van der Waals surface area contributed by atoms with Crippen LogP contribution in [0.5, 0.6) is 0 Å². The predicted octanol–water partition coefficient (Wildman–Crippen LogP) is 5.17. The van der Waals surface area contributed by atoms with E-state index in [9.17, 15) is 4.39 Å². The van der Waals surface area contributed by atoms with Crippen molar-refractivity contribution in [3.05, 3.63) is 62.4 Å². The maximum atomic E-state index is 12.5. The second-order valence-corrected chi connectivity index (χ2v) is 5.51. The van der Waals surface area contributed by atoms with Gasteiger partial charge in [-0.25, -0.2) is 4.39 Å². The van der Waals surface area contributed by atoms with Crippen molar-refractivity contribution in [1.82, 2.24) is 0 Å². The van der Waals surface area contributed by atoms with Crippen LogP contribution in [0.3, 0.4) is 0 Å². The minimum absolute atomic E-state index is 0.207. The minimum atomic E-state index is -0.207. The van der Waals surface area contributed by atoms with Gasteiger partial charge in [-0.05, 0) is 68.9 Å². The van der Waals surface area contributed by atoms with E-state index >= 15 is 0 Å². The van der Waals surface area contributed by atoms with Gasteiger partial charge < -0.3 is 0 Å². The number of thiol groups is 1. The van der Waals surface area contributed by atoms with Crippen LogP contribution < -0.4 is 0 Å². The molecule has 2 aromatic carbocycles. The molecule has 2 aromatic rings. The summed E-state index contributed by atoms with van der Waals surface area (Å²) >= 11 is 9.20. The highest BCUT2D eigenvalue weighted by Crippen LogP contribution is 2.16. The molecular formula is C12H9BrFIS. The molecule has 0 unspecified atom stereocenters. The van der Waals surface area contributed by atoms with Gasteiger partial charge in [0.15, 0.2) is 0 Å². The Hall–Kier alpha value is -0.0700. The Morgan fingerprint density at radius 1 is 1.06 bits per heavy atom. The third-order valence-corrected chi connectivity index (χ3v) is 3.25. The Morgan fingerprint density at radius 3 is 2.06 bits per heavy atom. The maximum Gasteiger partial charge on any atom is 0.138 e. The van der Waals surface area contributed by atoms with Crippen molar-refractivity contribution in [3.63, 3.8) is 0 Å². The van der Waals surface area contributed by atoms with Crippen molar-refractivity contribution in [2.45, 2.75) is 4.90 Å². The van der Waals surface area contributed by atoms with Crippen LogP contribution >= 0.6 is 51.1 Å². The van der Waals surface area contributed by atoms with Crippen molar-refractivity contribution in [2.75, 3.05) is 0 Å². The first-order valence-electron chi connectivity index (χ1n) is 4.44. The number of hydrogen-bond acceptors (Lipinski definition) is 1. The molecule has 0 aromatic heterocycles. The smallest absolute Gasteiger partial charge is 0.138 e. The summed E-state index contributed by atoms with van der Waals surface area (Å²) in [5, 5.41) is 0. The van der Waals surface area contributed by atoms with Crippen molar-refractivity contribution >= 4 is 51.1 Å². The van der Waals surface area contributed by atoms with E-state index < -0.39 is 0 Å². The van der Waals surface area contributed by atoms with Gasteiger partial charge in [0.2, 0.25) is 0 Å². The molecule has 16 heavy (non-hydrogen) atoms. The summed E-state index contributed by atoms with van der Waals surface area (Å²) < 4.78 is 14.0. The molecule has 0 atom stereocenters. The van der Waals surface area contributed by atoms with Crippen molar-refractivity contribution in [1.29, 1.82) is 0 Å². The fourth-order valence-corrected chi connectivity index (χ4v) is 1.77. The Kier molecular flexibility index (Phi) is 6.38. The van der Waals surface area contributed by atoms with Gasteiger partial charge in [0, 0.05) is 8.47 Å². The Bertz CT molecular complexity index is 448. The number of rotatable bonds is 0. The molecule has 0 fully saturated rings. The quantitative estimate of drug-likeness (QED) is 0.346. The third kappa shape index (κ3) is 5.32. The predicted molar refractivity (Wildman–Crippen MR) is 80.5 cm³/mol. The van der Waals surface area contributed by atoms with Crippen LogP contribution in [0.4, 0.5) is 4.39 Å². The zero-order valence-corrected chi connectivity index (χ0v) is 12.8. The van der Waals surface area contributed by atoms with Crippen molar-refractivity contribution < 1.29 is 4.39 Å². The van der Waals surface area contributed by atoms with Crippen LogP contribution in [0.2, 0.25) is 0 Å². The van der Waals surface area contributed by atoms with E-state index in [-0.39, 0.29) is 5.82 Å². The molecule has 0 radical (unpaired) electrons. The Morgan fingerprint density at radius 2 is 1.69 bits per heavy atom. The molecule has 0 aliphatic rings. The van der Waals surface area contributed by atoms with Crippen molar-refractivity contribution in [3.8, 4) is 0 Å². The lowest BCUT2D eigenvalue weighted by Gasteiger charge is -1.92. The summed E-state index contributed by atoms with van der Waals surface area (Å²) in [6.45, 7) is 0. The molecule has 0 spiro atoms. The fourth-order valence-electron chi connectivity index (χ4n) is 0.898. The zero-order chi connectivity index (χ0) is 12.0. The standard InChI is InChI=1S/C6H3BrFI.C6H6S/c7-5-2-1-4(9)3-6(5)8;7-6-4-2-1-3-5-6/h1-3H;1-5,7H. The summed E-state index contributed by atoms with van der Waals surface area (Å²) in [6, 6.07) is 14.8. The van der Waals surface area contributed by atoms with Crippen LogP contribution in [-0.2, 0) is 0 Å². The lowest BCUT2D eigenvalue weighted by atomic mass is 10.4. The summed E-state index contributed by atoms with van der Waals surface area (Å²) in [5.41, 5.74) is 0. The second-order valence-electron chi connectivity index (χ2n) is 2.89. The van der Waals surface area contributed by atoms with Crippen LogP contribution in [0.25, 0.3) is 0 Å². The summed E-state index contributed by atoms with van der Waals surface area (Å²) in [7, 11) is 0. The van der Waals surface area contributed by atoms with Gasteiger partial charge in [0.05, 0.1) is 4.47 Å². The number of hydrogen-bond donors (Lipinski definition) is 1. The first-order chi connectivity index (χ1) is 7.59. The lowest BCUT2D eigenvalue weighted by molar-refractivity contribution is 0.620. The molecule has 4 heteroatoms. The van der Waals surface area contributed by atoms with Gasteiger partial charge in [0.1, 0.15) is 5.82 Å². The minimum Gasteiger partial charge on any atom is -0.206 e. The highest BCUT2D eigenvalue weighted by atomic mass is 127. The van der Waals surface area contributed by atoms with E-state index in [1.807, 2.05) is 36.4 Å². The summed E-state index contributed by atoms with van der Waals surface area (Å²) in [5.74, 6) is -0.207. The molecule has 0 saturated carbocycles. The van der Waals surface area contributed by atoms with E-state index in [0.29, 0.717) is 4.47 Å². The maximum absolute atomic E-state index is 12.5. The second kappa shape index (κ2) is 7.29. The summed E-state index contributed by atoms with van der Waals surface area (Å²) in [6.07, 6.45) is 0. The van der Waals surface area contributed by atoms with Gasteiger partial charge in [-0.1, -0.05) is 18.2 Å². The lowest BCUT2D eigenvalue weighted by Crippen LogP contribution is -1.76. The first-order valence-corrected chi connectivity index (χ1v) is 6.76. The topological polar surface area (TPSA) is 0 Å². The molecule has 0 aliphatic heterocycles. The van der Waals surface area contributed by atoms with Gasteiger partial charge in [-0.15, -0.1) is 12.6 Å². The summed E-state index contributed by atoms with van der Waals surface area (Å²) in [4.78, 5) is 1.02. The van der Waals surface area contributed by atoms with Gasteiger partial charge in [0.25, 0.3) is 0 Å². The van der Waals surface area contributed by atoms with Gasteiger partial charge in [-0.3, -0.25) is 0 Å². The zero-order valence-electron chi connectivity index (χ0n) is 8.20.